The van der Waals surface area contributed by atoms with Crippen molar-refractivity contribution in [3.8, 4) is 0 Å². The SMILES string of the molecule is CC(O)CN(CC(=O)N1N=C(c2ccc(Cl)cc2)CC1c1ccco1)c1ccccc1. The van der Waals surface area contributed by atoms with E-state index in [2.05, 4.69) is 5.10 Å². The summed E-state index contributed by atoms with van der Waals surface area (Å²) >= 11 is 6.02. The molecule has 2 heterocycles. The summed E-state index contributed by atoms with van der Waals surface area (Å²) in [6.07, 6.45) is 1.56. The second-order valence-corrected chi connectivity index (χ2v) is 8.03. The molecule has 1 N–H and O–H groups in total. The molecule has 2 aromatic carbocycles. The topological polar surface area (TPSA) is 69.3 Å². The molecule has 1 amide bonds. The Morgan fingerprint density at radius 2 is 1.94 bits per heavy atom. The van der Waals surface area contributed by atoms with Gasteiger partial charge in [-0.25, -0.2) is 5.01 Å². The van der Waals surface area contributed by atoms with Gasteiger partial charge in [0.1, 0.15) is 11.8 Å². The van der Waals surface area contributed by atoms with Crippen LogP contribution in [0.5, 0.6) is 0 Å². The van der Waals surface area contributed by atoms with E-state index >= 15 is 0 Å². The van der Waals surface area contributed by atoms with Crippen molar-refractivity contribution in [2.45, 2.75) is 25.5 Å². The van der Waals surface area contributed by atoms with E-state index in [1.54, 1.807) is 13.2 Å². The largest absolute Gasteiger partial charge is 0.467 e. The van der Waals surface area contributed by atoms with Gasteiger partial charge in [0.25, 0.3) is 5.91 Å². The van der Waals surface area contributed by atoms with Gasteiger partial charge < -0.3 is 14.4 Å². The summed E-state index contributed by atoms with van der Waals surface area (Å²) in [7, 11) is 0. The fourth-order valence-electron chi connectivity index (χ4n) is 3.71. The van der Waals surface area contributed by atoms with Crippen molar-refractivity contribution < 1.29 is 14.3 Å². The number of hydrogen-bond acceptors (Lipinski definition) is 5. The predicted molar refractivity (Wildman–Crippen MR) is 121 cm³/mol. The zero-order valence-electron chi connectivity index (χ0n) is 17.2. The summed E-state index contributed by atoms with van der Waals surface area (Å²) < 4.78 is 5.61. The van der Waals surface area contributed by atoms with E-state index in [0.29, 0.717) is 23.7 Å². The first-order valence-corrected chi connectivity index (χ1v) is 10.6. The minimum Gasteiger partial charge on any atom is -0.467 e. The Bertz CT molecular complexity index is 1030. The first-order valence-electron chi connectivity index (χ1n) is 10.2. The average molecular weight is 438 g/mol. The van der Waals surface area contributed by atoms with Crippen LogP contribution in [0.15, 0.2) is 82.5 Å². The van der Waals surface area contributed by atoms with Crippen LogP contribution in [0.4, 0.5) is 5.69 Å². The third kappa shape index (κ3) is 4.98. The minimum absolute atomic E-state index is 0.0868. The van der Waals surface area contributed by atoms with Crippen molar-refractivity contribution in [3.05, 3.63) is 89.3 Å². The lowest BCUT2D eigenvalue weighted by Crippen LogP contribution is -2.41. The van der Waals surface area contributed by atoms with Crippen LogP contribution in [-0.4, -0.2) is 40.9 Å². The normalized spacial score (nSPS) is 16.8. The van der Waals surface area contributed by atoms with Crippen molar-refractivity contribution in [2.24, 2.45) is 5.10 Å². The number of carbonyl (C=O) groups excluding carboxylic acids is 1. The maximum absolute atomic E-state index is 13.4. The Morgan fingerprint density at radius 1 is 1.19 bits per heavy atom. The number of rotatable bonds is 7. The van der Waals surface area contributed by atoms with Crippen LogP contribution >= 0.6 is 11.6 Å². The van der Waals surface area contributed by atoms with Gasteiger partial charge in [0.2, 0.25) is 0 Å². The number of carbonyl (C=O) groups is 1. The molecule has 0 bridgehead atoms. The number of hydrazone groups is 1. The van der Waals surface area contributed by atoms with Crippen molar-refractivity contribution >= 4 is 28.9 Å². The lowest BCUT2D eigenvalue weighted by Gasteiger charge is -2.28. The summed E-state index contributed by atoms with van der Waals surface area (Å²) in [6.45, 7) is 2.13. The van der Waals surface area contributed by atoms with Gasteiger partial charge in [0.15, 0.2) is 0 Å². The molecule has 4 rings (SSSR count). The Morgan fingerprint density at radius 3 is 2.58 bits per heavy atom. The molecule has 0 aliphatic carbocycles. The Balaban J connectivity index is 1.61. The van der Waals surface area contributed by atoms with Gasteiger partial charge in [-0.15, -0.1) is 0 Å². The van der Waals surface area contributed by atoms with Crippen molar-refractivity contribution in [3.63, 3.8) is 0 Å². The van der Waals surface area contributed by atoms with Crippen LogP contribution in [0.25, 0.3) is 0 Å². The monoisotopic (exact) mass is 437 g/mol. The van der Waals surface area contributed by atoms with Gasteiger partial charge in [-0.05, 0) is 48.9 Å². The van der Waals surface area contributed by atoms with Gasteiger partial charge in [-0.2, -0.15) is 5.10 Å². The minimum atomic E-state index is -0.583. The maximum Gasteiger partial charge on any atom is 0.262 e. The molecular weight excluding hydrogens is 414 g/mol. The Kier molecular flexibility index (Phi) is 6.39. The highest BCUT2D eigenvalue weighted by Gasteiger charge is 2.35. The molecule has 6 nitrogen and oxygen atoms in total. The molecule has 1 aliphatic heterocycles. The van der Waals surface area contributed by atoms with Crippen LogP contribution in [0.2, 0.25) is 5.02 Å². The lowest BCUT2D eigenvalue weighted by molar-refractivity contribution is -0.131. The van der Waals surface area contributed by atoms with Gasteiger partial charge in [0.05, 0.1) is 24.6 Å². The molecule has 1 aliphatic rings. The zero-order chi connectivity index (χ0) is 21.8. The molecule has 3 aromatic rings. The summed E-state index contributed by atoms with van der Waals surface area (Å²) in [5.74, 6) is 0.512. The zero-order valence-corrected chi connectivity index (χ0v) is 17.9. The fraction of sp³-hybridized carbons (Fsp3) is 0.250. The molecule has 0 saturated heterocycles. The van der Waals surface area contributed by atoms with E-state index in [9.17, 15) is 9.90 Å². The van der Waals surface area contributed by atoms with Crippen LogP contribution in [0.3, 0.4) is 0 Å². The highest BCUT2D eigenvalue weighted by Crippen LogP contribution is 2.33. The number of aliphatic hydroxyl groups is 1. The van der Waals surface area contributed by atoms with E-state index in [-0.39, 0.29) is 18.5 Å². The molecule has 160 valence electrons. The highest BCUT2D eigenvalue weighted by molar-refractivity contribution is 6.30. The lowest BCUT2D eigenvalue weighted by atomic mass is 10.0. The van der Waals surface area contributed by atoms with Gasteiger partial charge >= 0.3 is 0 Å². The van der Waals surface area contributed by atoms with E-state index < -0.39 is 6.10 Å². The average Bonchev–Trinajstić information content (AvgIpc) is 3.44. The number of para-hydroxylation sites is 1. The maximum atomic E-state index is 13.4. The van der Waals surface area contributed by atoms with Crippen molar-refractivity contribution in [1.82, 2.24) is 5.01 Å². The van der Waals surface area contributed by atoms with E-state index in [1.807, 2.05) is 71.6 Å². The van der Waals surface area contributed by atoms with E-state index in [4.69, 9.17) is 16.0 Å². The first-order chi connectivity index (χ1) is 15.0. The number of halogens is 1. The smallest absolute Gasteiger partial charge is 0.262 e. The van der Waals surface area contributed by atoms with Crippen LogP contribution in [-0.2, 0) is 4.79 Å². The quantitative estimate of drug-likeness (QED) is 0.591. The van der Waals surface area contributed by atoms with Gasteiger partial charge in [-0.1, -0.05) is 41.9 Å². The predicted octanol–water partition coefficient (Wildman–Crippen LogP) is 4.50. The number of benzene rings is 2. The summed E-state index contributed by atoms with van der Waals surface area (Å²) in [5, 5.41) is 16.8. The van der Waals surface area contributed by atoms with Gasteiger partial charge in [-0.3, -0.25) is 4.79 Å². The molecule has 0 saturated carbocycles. The highest BCUT2D eigenvalue weighted by atomic mass is 35.5. The molecule has 7 heteroatoms. The number of nitrogens with zero attached hydrogens (tertiary/aromatic N) is 3. The first kappa shape index (κ1) is 21.2. The van der Waals surface area contributed by atoms with Gasteiger partial charge in [0, 0.05) is 23.7 Å². The second-order valence-electron chi connectivity index (χ2n) is 7.59. The fourth-order valence-corrected chi connectivity index (χ4v) is 3.84. The van der Waals surface area contributed by atoms with Crippen LogP contribution in [0.1, 0.15) is 30.7 Å². The second kappa shape index (κ2) is 9.37. The van der Waals surface area contributed by atoms with Crippen LogP contribution in [0, 0.1) is 0 Å². The number of furan rings is 1. The van der Waals surface area contributed by atoms with Crippen LogP contribution < -0.4 is 4.90 Å². The van der Waals surface area contributed by atoms with E-state index in [1.165, 1.54) is 5.01 Å². The third-order valence-electron chi connectivity index (χ3n) is 5.15. The van der Waals surface area contributed by atoms with Crippen molar-refractivity contribution in [1.29, 1.82) is 0 Å². The number of anilines is 1. The standard InChI is InChI=1S/C24H24ClN3O3/c1-17(29)15-27(20-6-3-2-4-7-20)16-24(30)28-22(23-8-5-13-31-23)14-21(26-28)18-9-11-19(25)12-10-18/h2-13,17,22,29H,14-16H2,1H3. The van der Waals surface area contributed by atoms with Crippen molar-refractivity contribution in [2.75, 3.05) is 18.0 Å². The summed E-state index contributed by atoms with van der Waals surface area (Å²) in [5.41, 5.74) is 2.58. The molecular formula is C24H24ClN3O3. The molecule has 31 heavy (non-hydrogen) atoms. The number of amides is 1. The third-order valence-corrected chi connectivity index (χ3v) is 5.40. The summed E-state index contributed by atoms with van der Waals surface area (Å²) in [4.78, 5) is 15.2. The Hall–Kier alpha value is -3.09. The Labute approximate surface area is 186 Å². The number of hydrogen-bond donors (Lipinski definition) is 1. The number of aliphatic hydroxyl groups excluding tert-OH is 1. The molecule has 2 unspecified atom stereocenters. The molecule has 2 atom stereocenters. The molecule has 0 spiro atoms. The molecule has 1 aromatic heterocycles. The molecule has 0 radical (unpaired) electrons. The van der Waals surface area contributed by atoms with E-state index in [0.717, 1.165) is 17.0 Å². The molecule has 0 fully saturated rings. The summed E-state index contributed by atoms with van der Waals surface area (Å²) in [6, 6.07) is 20.4.